The van der Waals surface area contributed by atoms with Crippen LogP contribution in [0.1, 0.15) is 29.6 Å². The fourth-order valence-electron chi connectivity index (χ4n) is 3.99. The van der Waals surface area contributed by atoms with Crippen LogP contribution in [0.3, 0.4) is 0 Å². The Hall–Kier alpha value is -1.42. The molecular formula is C21H28Cl2N2O6. The normalized spacial score (nSPS) is 26.5. The fraction of sp³-hybridized carbons (Fsp3) is 0.619. The summed E-state index contributed by atoms with van der Waals surface area (Å²) in [5.41, 5.74) is 0.351. The van der Waals surface area contributed by atoms with Gasteiger partial charge in [0.05, 0.1) is 44.5 Å². The van der Waals surface area contributed by atoms with Gasteiger partial charge < -0.3 is 29.5 Å². The lowest BCUT2D eigenvalue weighted by Crippen LogP contribution is -2.57. The number of amides is 2. The highest BCUT2D eigenvalue weighted by atomic mass is 35.5. The number of nitrogens with zero attached hydrogens (tertiary/aromatic N) is 1. The second kappa shape index (κ2) is 11.4. The van der Waals surface area contributed by atoms with Gasteiger partial charge in [0.2, 0.25) is 5.91 Å². The number of nitrogens with one attached hydrogen (secondary N) is 1. The number of aliphatic hydroxyl groups excluding tert-OH is 1. The topological polar surface area (TPSA) is 97.3 Å². The molecule has 1 aromatic rings. The van der Waals surface area contributed by atoms with Crippen molar-refractivity contribution in [2.45, 2.75) is 43.6 Å². The number of rotatable bonds is 6. The van der Waals surface area contributed by atoms with Gasteiger partial charge in [0.15, 0.2) is 0 Å². The molecular weight excluding hydrogens is 447 g/mol. The summed E-state index contributed by atoms with van der Waals surface area (Å²) >= 11 is 12.2. The Bertz CT molecular complexity index is 760. The molecule has 2 aliphatic heterocycles. The Morgan fingerprint density at radius 2 is 1.97 bits per heavy atom. The van der Waals surface area contributed by atoms with Gasteiger partial charge in [-0.25, -0.2) is 0 Å². The average molecular weight is 475 g/mol. The second-order valence-electron chi connectivity index (χ2n) is 7.80. The number of hydrogen-bond acceptors (Lipinski definition) is 6. The minimum atomic E-state index is -0.816. The molecule has 0 bridgehead atoms. The predicted octanol–water partition coefficient (Wildman–Crippen LogP) is 1.90. The van der Waals surface area contributed by atoms with E-state index in [1.807, 2.05) is 0 Å². The Labute approximate surface area is 191 Å². The lowest BCUT2D eigenvalue weighted by atomic mass is 9.94. The number of benzene rings is 1. The molecule has 0 unspecified atom stereocenters. The highest BCUT2D eigenvalue weighted by Gasteiger charge is 2.40. The quantitative estimate of drug-likeness (QED) is 0.611. The van der Waals surface area contributed by atoms with E-state index in [0.717, 1.165) is 0 Å². The number of methoxy groups -OCH3 is 1. The maximum absolute atomic E-state index is 13.3. The van der Waals surface area contributed by atoms with Crippen molar-refractivity contribution in [3.63, 3.8) is 0 Å². The first-order valence-corrected chi connectivity index (χ1v) is 11.1. The largest absolute Gasteiger partial charge is 0.389 e. The summed E-state index contributed by atoms with van der Waals surface area (Å²) < 4.78 is 16.7. The van der Waals surface area contributed by atoms with Gasteiger partial charge in [0, 0.05) is 35.8 Å². The molecule has 2 heterocycles. The standard InChI is InChI=1S/C21H28Cl2N2O6/c1-29-5-4-24-20(27)9-17-2-3-18-19(31-17)12-30-11-16(26)10-25(18)21(28)13-6-14(22)8-15(23)7-13/h6-8,16-19,26H,2-5,9-12H2,1H3,(H,24,27)/t16-,17-,18-,19+/m1/s1. The summed E-state index contributed by atoms with van der Waals surface area (Å²) in [6, 6.07) is 4.38. The highest BCUT2D eigenvalue weighted by molar-refractivity contribution is 6.35. The van der Waals surface area contributed by atoms with Crippen molar-refractivity contribution in [1.29, 1.82) is 0 Å². The summed E-state index contributed by atoms with van der Waals surface area (Å²) in [6.07, 6.45) is -0.0334. The van der Waals surface area contributed by atoms with Gasteiger partial charge in [0.25, 0.3) is 5.91 Å². The minimum absolute atomic E-state index is 0.0921. The predicted molar refractivity (Wildman–Crippen MR) is 116 cm³/mol. The highest BCUT2D eigenvalue weighted by Crippen LogP contribution is 2.29. The third kappa shape index (κ3) is 6.78. The van der Waals surface area contributed by atoms with Crippen molar-refractivity contribution in [1.82, 2.24) is 10.2 Å². The minimum Gasteiger partial charge on any atom is -0.389 e. The van der Waals surface area contributed by atoms with E-state index in [1.54, 1.807) is 30.2 Å². The van der Waals surface area contributed by atoms with Crippen LogP contribution in [0.25, 0.3) is 0 Å². The van der Waals surface area contributed by atoms with Crippen LogP contribution in [0.4, 0.5) is 0 Å². The molecule has 2 saturated heterocycles. The molecule has 0 saturated carbocycles. The van der Waals surface area contributed by atoms with Crippen molar-refractivity contribution >= 4 is 35.0 Å². The molecule has 0 aliphatic carbocycles. The Morgan fingerprint density at radius 3 is 2.68 bits per heavy atom. The Balaban J connectivity index is 1.71. The second-order valence-corrected chi connectivity index (χ2v) is 8.67. The maximum Gasteiger partial charge on any atom is 0.254 e. The van der Waals surface area contributed by atoms with Gasteiger partial charge in [-0.05, 0) is 31.0 Å². The molecule has 2 N–H and O–H groups in total. The van der Waals surface area contributed by atoms with E-state index in [1.165, 1.54) is 0 Å². The van der Waals surface area contributed by atoms with Crippen LogP contribution >= 0.6 is 23.2 Å². The van der Waals surface area contributed by atoms with E-state index in [9.17, 15) is 14.7 Å². The molecule has 3 rings (SSSR count). The number of halogens is 2. The molecule has 31 heavy (non-hydrogen) atoms. The zero-order chi connectivity index (χ0) is 22.4. The number of hydrogen-bond donors (Lipinski definition) is 2. The fourth-order valence-corrected chi connectivity index (χ4v) is 4.52. The first-order chi connectivity index (χ1) is 14.9. The number of aliphatic hydroxyl groups is 1. The van der Waals surface area contributed by atoms with Crippen molar-refractivity contribution in [2.24, 2.45) is 0 Å². The first kappa shape index (κ1) is 24.2. The van der Waals surface area contributed by atoms with Crippen LogP contribution < -0.4 is 5.32 Å². The van der Waals surface area contributed by atoms with E-state index in [-0.39, 0.29) is 50.1 Å². The lowest BCUT2D eigenvalue weighted by Gasteiger charge is -2.44. The number of β-amino-alcohol motifs (C(OH)–C–C–N with tert-alkyl or cyclic N) is 1. The zero-order valence-electron chi connectivity index (χ0n) is 17.4. The molecule has 172 valence electrons. The SMILES string of the molecule is COCCNC(=O)C[C@H]1CC[C@@H]2[C@H](COC[C@H](O)CN2C(=O)c2cc(Cl)cc(Cl)c2)O1. The van der Waals surface area contributed by atoms with Crippen LogP contribution in [-0.4, -0.2) is 86.2 Å². The molecule has 2 amide bonds. The maximum atomic E-state index is 13.3. The van der Waals surface area contributed by atoms with Crippen LogP contribution in [0, 0.1) is 0 Å². The van der Waals surface area contributed by atoms with Gasteiger partial charge in [-0.1, -0.05) is 23.2 Å². The summed E-state index contributed by atoms with van der Waals surface area (Å²) in [6.45, 7) is 1.32. The number of fused-ring (bicyclic) bond motifs is 1. The van der Waals surface area contributed by atoms with Crippen molar-refractivity contribution < 1.29 is 28.9 Å². The van der Waals surface area contributed by atoms with Gasteiger partial charge >= 0.3 is 0 Å². The zero-order valence-corrected chi connectivity index (χ0v) is 18.9. The number of carbonyl (C=O) groups is 2. The van der Waals surface area contributed by atoms with Gasteiger partial charge in [0.1, 0.15) is 6.10 Å². The summed E-state index contributed by atoms with van der Waals surface area (Å²) in [4.78, 5) is 27.1. The molecule has 1 aromatic carbocycles. The van der Waals surface area contributed by atoms with E-state index in [2.05, 4.69) is 5.32 Å². The van der Waals surface area contributed by atoms with Gasteiger partial charge in [-0.3, -0.25) is 9.59 Å². The van der Waals surface area contributed by atoms with Gasteiger partial charge in [-0.2, -0.15) is 0 Å². The van der Waals surface area contributed by atoms with Crippen molar-refractivity contribution in [2.75, 3.05) is 40.0 Å². The molecule has 0 spiro atoms. The lowest BCUT2D eigenvalue weighted by molar-refractivity contribution is -0.151. The third-order valence-corrected chi connectivity index (χ3v) is 5.83. The number of ether oxygens (including phenoxy) is 3. The van der Waals surface area contributed by atoms with Crippen molar-refractivity contribution in [3.8, 4) is 0 Å². The molecule has 2 fully saturated rings. The molecule has 10 heteroatoms. The van der Waals surface area contributed by atoms with E-state index < -0.39 is 12.2 Å². The van der Waals surface area contributed by atoms with E-state index >= 15 is 0 Å². The van der Waals surface area contributed by atoms with Gasteiger partial charge in [-0.15, -0.1) is 0 Å². The molecule has 8 nitrogen and oxygen atoms in total. The molecule has 0 aromatic heterocycles. The van der Waals surface area contributed by atoms with Crippen LogP contribution in [0.5, 0.6) is 0 Å². The summed E-state index contributed by atoms with van der Waals surface area (Å²) in [5, 5.41) is 13.8. The summed E-state index contributed by atoms with van der Waals surface area (Å²) in [5.74, 6) is -0.385. The Morgan fingerprint density at radius 1 is 1.23 bits per heavy atom. The van der Waals surface area contributed by atoms with Crippen LogP contribution in [-0.2, 0) is 19.0 Å². The van der Waals surface area contributed by atoms with E-state index in [4.69, 9.17) is 37.4 Å². The van der Waals surface area contributed by atoms with Crippen molar-refractivity contribution in [3.05, 3.63) is 33.8 Å². The molecule has 0 radical (unpaired) electrons. The number of carbonyl (C=O) groups excluding carboxylic acids is 2. The summed E-state index contributed by atoms with van der Waals surface area (Å²) in [7, 11) is 1.58. The average Bonchev–Trinajstić information content (AvgIpc) is 2.70. The van der Waals surface area contributed by atoms with E-state index in [0.29, 0.717) is 41.6 Å². The first-order valence-electron chi connectivity index (χ1n) is 10.3. The van der Waals surface area contributed by atoms with Crippen LogP contribution in [0.2, 0.25) is 10.0 Å². The molecule has 4 atom stereocenters. The van der Waals surface area contributed by atoms with Crippen LogP contribution in [0.15, 0.2) is 18.2 Å². The monoisotopic (exact) mass is 474 g/mol. The Kier molecular flexibility index (Phi) is 8.95. The molecule has 2 aliphatic rings. The smallest absolute Gasteiger partial charge is 0.254 e. The third-order valence-electron chi connectivity index (χ3n) is 5.39.